The van der Waals surface area contributed by atoms with Crippen molar-refractivity contribution in [2.75, 3.05) is 13.2 Å². The fourth-order valence-corrected chi connectivity index (χ4v) is 5.98. The summed E-state index contributed by atoms with van der Waals surface area (Å²) in [4.78, 5) is 45.1. The Kier molecular flexibility index (Phi) is 7.08. The van der Waals surface area contributed by atoms with E-state index in [0.717, 1.165) is 23.0 Å². The van der Waals surface area contributed by atoms with Gasteiger partial charge in [0.2, 0.25) is 5.89 Å². The molecule has 1 aromatic carbocycles. The number of aliphatic carboxylic acids is 1. The molecule has 1 N–H and O–H groups in total. The maximum atomic E-state index is 14.0. The third kappa shape index (κ3) is 4.61. The van der Waals surface area contributed by atoms with E-state index >= 15 is 0 Å². The Labute approximate surface area is 222 Å². The third-order valence-corrected chi connectivity index (χ3v) is 8.27. The summed E-state index contributed by atoms with van der Waals surface area (Å²) in [6, 6.07) is 9.57. The molecule has 1 aliphatic rings. The molecule has 4 heterocycles. The highest BCUT2D eigenvalue weighted by Crippen LogP contribution is 2.36. The number of aromatic nitrogens is 3. The minimum absolute atomic E-state index is 0.0607. The SMILES string of the molecule is Cc1c(-c2ncco2)sc2c1c(=O)n(C(C)(C)C(=O)O)c(=O)n2C[C@@H](OC1CCOCC1)c1ccccc1. The Balaban J connectivity index is 1.74. The van der Waals surface area contributed by atoms with E-state index in [1.54, 1.807) is 6.92 Å². The molecule has 0 amide bonds. The van der Waals surface area contributed by atoms with Crippen LogP contribution in [0.4, 0.5) is 0 Å². The van der Waals surface area contributed by atoms with Crippen LogP contribution in [-0.4, -0.2) is 44.5 Å². The summed E-state index contributed by atoms with van der Waals surface area (Å²) < 4.78 is 19.8. The smallest absolute Gasteiger partial charge is 0.333 e. The Bertz CT molecular complexity index is 1560. The van der Waals surface area contributed by atoms with E-state index < -0.39 is 28.9 Å². The Morgan fingerprint density at radius 3 is 2.58 bits per heavy atom. The van der Waals surface area contributed by atoms with Crippen LogP contribution in [0.15, 0.2) is 56.8 Å². The molecule has 38 heavy (non-hydrogen) atoms. The molecule has 0 saturated carbocycles. The van der Waals surface area contributed by atoms with Gasteiger partial charge < -0.3 is 19.0 Å². The third-order valence-electron chi connectivity index (χ3n) is 6.97. The molecular formula is C27H29N3O7S. The lowest BCUT2D eigenvalue weighted by molar-refractivity contribution is -0.146. The molecule has 200 valence electrons. The number of aryl methyl sites for hydroxylation is 1. The minimum Gasteiger partial charge on any atom is -0.480 e. The van der Waals surface area contributed by atoms with Crippen LogP contribution in [0.25, 0.3) is 21.0 Å². The standard InChI is InChI=1S/C27H29N3O7S/c1-16-20-23(31)30(27(2,3)25(32)33)26(34)29(24(20)38-21(16)22-28-11-14-36-22)15-19(17-7-5-4-6-8-17)37-18-9-12-35-13-10-18/h4-8,11,14,18-19H,9-10,12-13,15H2,1-3H3,(H,32,33)/t19-/m1/s1. The van der Waals surface area contributed by atoms with Crippen LogP contribution in [-0.2, 0) is 26.4 Å². The molecule has 1 saturated heterocycles. The molecule has 11 heteroatoms. The van der Waals surface area contributed by atoms with Gasteiger partial charge in [-0.1, -0.05) is 30.3 Å². The second-order valence-corrected chi connectivity index (χ2v) is 10.8. The first-order valence-corrected chi connectivity index (χ1v) is 13.2. The number of carboxylic acids is 1. The highest BCUT2D eigenvalue weighted by atomic mass is 32.1. The highest BCUT2D eigenvalue weighted by Gasteiger charge is 2.36. The molecular weight excluding hydrogens is 510 g/mol. The van der Waals surface area contributed by atoms with Gasteiger partial charge in [0.1, 0.15) is 22.7 Å². The first kappa shape index (κ1) is 26.1. The summed E-state index contributed by atoms with van der Waals surface area (Å²) >= 11 is 1.22. The molecule has 4 aromatic rings. The number of carbonyl (C=O) groups is 1. The van der Waals surface area contributed by atoms with E-state index in [4.69, 9.17) is 13.9 Å². The van der Waals surface area contributed by atoms with Crippen LogP contribution in [0.5, 0.6) is 0 Å². The van der Waals surface area contributed by atoms with E-state index in [0.29, 0.717) is 34.4 Å². The van der Waals surface area contributed by atoms with Gasteiger partial charge in [0, 0.05) is 13.2 Å². The molecule has 1 fully saturated rings. The number of ether oxygens (including phenoxy) is 2. The largest absolute Gasteiger partial charge is 0.480 e. The lowest BCUT2D eigenvalue weighted by Gasteiger charge is -2.29. The van der Waals surface area contributed by atoms with Gasteiger partial charge in [-0.3, -0.25) is 9.36 Å². The van der Waals surface area contributed by atoms with Crippen molar-refractivity contribution in [2.24, 2.45) is 0 Å². The van der Waals surface area contributed by atoms with Crippen molar-refractivity contribution in [1.29, 1.82) is 0 Å². The molecule has 0 bridgehead atoms. The highest BCUT2D eigenvalue weighted by molar-refractivity contribution is 7.22. The van der Waals surface area contributed by atoms with Crippen LogP contribution in [0.1, 0.15) is 43.9 Å². The molecule has 1 atom stereocenters. The number of benzene rings is 1. The van der Waals surface area contributed by atoms with Gasteiger partial charge in [-0.15, -0.1) is 11.3 Å². The van der Waals surface area contributed by atoms with E-state index in [-0.39, 0.29) is 18.0 Å². The molecule has 5 rings (SSSR count). The monoisotopic (exact) mass is 539 g/mol. The van der Waals surface area contributed by atoms with E-state index in [1.807, 2.05) is 30.3 Å². The number of rotatable bonds is 8. The zero-order valence-corrected chi connectivity index (χ0v) is 22.2. The first-order chi connectivity index (χ1) is 18.2. The summed E-state index contributed by atoms with van der Waals surface area (Å²) in [5.41, 5.74) is -1.72. The summed E-state index contributed by atoms with van der Waals surface area (Å²) in [5, 5.41) is 10.2. The number of oxazole rings is 1. The fraction of sp³-hybridized carbons (Fsp3) is 0.407. The summed E-state index contributed by atoms with van der Waals surface area (Å²) in [6.45, 7) is 5.71. The molecule has 0 radical (unpaired) electrons. The Morgan fingerprint density at radius 1 is 1.24 bits per heavy atom. The van der Waals surface area contributed by atoms with Crippen molar-refractivity contribution in [1.82, 2.24) is 14.1 Å². The predicted octanol–water partition coefficient (Wildman–Crippen LogP) is 3.94. The fourth-order valence-electron chi connectivity index (χ4n) is 4.74. The van der Waals surface area contributed by atoms with Gasteiger partial charge in [0.25, 0.3) is 5.56 Å². The zero-order valence-electron chi connectivity index (χ0n) is 21.4. The van der Waals surface area contributed by atoms with Crippen molar-refractivity contribution < 1.29 is 23.8 Å². The van der Waals surface area contributed by atoms with Crippen molar-refractivity contribution in [3.8, 4) is 10.8 Å². The number of thiophene rings is 1. The van der Waals surface area contributed by atoms with Crippen LogP contribution in [0, 0.1) is 6.92 Å². The maximum absolute atomic E-state index is 14.0. The van der Waals surface area contributed by atoms with Gasteiger partial charge in [0.15, 0.2) is 0 Å². The van der Waals surface area contributed by atoms with Crippen molar-refractivity contribution in [3.05, 3.63) is 74.8 Å². The second kappa shape index (κ2) is 10.3. The molecule has 1 aliphatic heterocycles. The van der Waals surface area contributed by atoms with Crippen LogP contribution < -0.4 is 11.2 Å². The molecule has 10 nitrogen and oxygen atoms in total. The minimum atomic E-state index is -1.79. The predicted molar refractivity (Wildman–Crippen MR) is 142 cm³/mol. The lowest BCUT2D eigenvalue weighted by atomic mass is 10.1. The van der Waals surface area contributed by atoms with Gasteiger partial charge in [-0.2, -0.15) is 0 Å². The van der Waals surface area contributed by atoms with Gasteiger partial charge in [-0.25, -0.2) is 19.1 Å². The topological polar surface area (TPSA) is 126 Å². The first-order valence-electron chi connectivity index (χ1n) is 12.4. The summed E-state index contributed by atoms with van der Waals surface area (Å²) in [5.74, 6) is -0.967. The number of hydrogen-bond donors (Lipinski definition) is 1. The van der Waals surface area contributed by atoms with Gasteiger partial charge in [0.05, 0.1) is 29.1 Å². The Morgan fingerprint density at radius 2 is 1.95 bits per heavy atom. The van der Waals surface area contributed by atoms with Crippen LogP contribution in [0.2, 0.25) is 0 Å². The van der Waals surface area contributed by atoms with Crippen molar-refractivity contribution >= 4 is 27.5 Å². The average molecular weight is 540 g/mol. The number of hydrogen-bond acceptors (Lipinski definition) is 8. The zero-order chi connectivity index (χ0) is 27.0. The molecule has 3 aromatic heterocycles. The van der Waals surface area contributed by atoms with E-state index in [1.165, 1.54) is 42.2 Å². The maximum Gasteiger partial charge on any atom is 0.333 e. The molecule has 0 spiro atoms. The molecule has 0 aliphatic carbocycles. The molecule has 0 unspecified atom stereocenters. The average Bonchev–Trinajstić information content (AvgIpc) is 3.55. The van der Waals surface area contributed by atoms with Gasteiger partial charge >= 0.3 is 11.7 Å². The lowest BCUT2D eigenvalue weighted by Crippen LogP contribution is -2.52. The van der Waals surface area contributed by atoms with Crippen molar-refractivity contribution in [3.63, 3.8) is 0 Å². The van der Waals surface area contributed by atoms with Crippen LogP contribution in [0.3, 0.4) is 0 Å². The Hall–Kier alpha value is -3.54. The van der Waals surface area contributed by atoms with Gasteiger partial charge in [-0.05, 0) is 44.7 Å². The van der Waals surface area contributed by atoms with E-state index in [9.17, 15) is 19.5 Å². The summed E-state index contributed by atoms with van der Waals surface area (Å²) in [7, 11) is 0. The summed E-state index contributed by atoms with van der Waals surface area (Å²) in [6.07, 6.45) is 3.81. The van der Waals surface area contributed by atoms with Crippen molar-refractivity contribution in [2.45, 2.75) is 57.9 Å². The number of fused-ring (bicyclic) bond motifs is 1. The second-order valence-electron chi connectivity index (χ2n) is 9.82. The number of carboxylic acid groups (broad SMARTS) is 1. The normalized spacial score (nSPS) is 15.7. The number of nitrogens with zero attached hydrogens (tertiary/aromatic N) is 3. The van der Waals surface area contributed by atoms with E-state index in [2.05, 4.69) is 4.98 Å². The van der Waals surface area contributed by atoms with Crippen LogP contribution >= 0.6 is 11.3 Å². The quantitative estimate of drug-likeness (QED) is 0.357.